The molecule has 0 aliphatic heterocycles. The summed E-state index contributed by atoms with van der Waals surface area (Å²) in [6, 6.07) is 9.13. The van der Waals surface area contributed by atoms with E-state index in [1.807, 2.05) is 0 Å². The predicted molar refractivity (Wildman–Crippen MR) is 110 cm³/mol. The molecular formula is C20H16ClN3O6. The van der Waals surface area contributed by atoms with Crippen LogP contribution in [0.5, 0.6) is 11.5 Å². The summed E-state index contributed by atoms with van der Waals surface area (Å²) in [6.45, 7) is 0. The first kappa shape index (κ1) is 20.9. The smallest absolute Gasteiger partial charge is 0.337 e. The molecule has 0 saturated heterocycles. The number of anilines is 1. The summed E-state index contributed by atoms with van der Waals surface area (Å²) in [5.74, 6) is -1.48. The zero-order chi connectivity index (χ0) is 21.8. The van der Waals surface area contributed by atoms with Crippen molar-refractivity contribution in [1.29, 1.82) is 0 Å². The van der Waals surface area contributed by atoms with Gasteiger partial charge in [0.25, 0.3) is 11.5 Å². The SMILES string of the molecule is COc1cc(NC(=O)c2cnc(-c3ccc(Cl)cc3)[nH]c2=O)c(C(=O)O)cc1OC. The first-order chi connectivity index (χ1) is 14.3. The summed E-state index contributed by atoms with van der Waals surface area (Å²) in [4.78, 5) is 43.2. The molecule has 2 aromatic carbocycles. The number of methoxy groups -OCH3 is 2. The molecule has 30 heavy (non-hydrogen) atoms. The summed E-state index contributed by atoms with van der Waals surface area (Å²) in [5.41, 5.74) is -0.672. The lowest BCUT2D eigenvalue weighted by Gasteiger charge is -2.13. The van der Waals surface area contributed by atoms with Gasteiger partial charge in [-0.3, -0.25) is 9.59 Å². The van der Waals surface area contributed by atoms with E-state index < -0.39 is 17.4 Å². The van der Waals surface area contributed by atoms with E-state index in [-0.39, 0.29) is 34.1 Å². The Morgan fingerprint density at radius 1 is 1.07 bits per heavy atom. The Kier molecular flexibility index (Phi) is 6.03. The fraction of sp³-hybridized carbons (Fsp3) is 0.100. The van der Waals surface area contributed by atoms with Crippen molar-refractivity contribution in [2.75, 3.05) is 19.5 Å². The fourth-order valence-electron chi connectivity index (χ4n) is 2.66. The number of amides is 1. The van der Waals surface area contributed by atoms with E-state index in [0.29, 0.717) is 10.6 Å². The largest absolute Gasteiger partial charge is 0.493 e. The number of H-pyrrole nitrogens is 1. The van der Waals surface area contributed by atoms with Crippen LogP contribution >= 0.6 is 11.6 Å². The molecule has 0 unspecified atom stereocenters. The van der Waals surface area contributed by atoms with Gasteiger partial charge < -0.3 is 24.9 Å². The van der Waals surface area contributed by atoms with E-state index in [4.69, 9.17) is 21.1 Å². The maximum Gasteiger partial charge on any atom is 0.337 e. The zero-order valence-electron chi connectivity index (χ0n) is 15.9. The van der Waals surface area contributed by atoms with Crippen LogP contribution in [0.4, 0.5) is 5.69 Å². The Hall–Kier alpha value is -3.85. The van der Waals surface area contributed by atoms with Crippen LogP contribution in [0.2, 0.25) is 5.02 Å². The maximum absolute atomic E-state index is 12.6. The van der Waals surface area contributed by atoms with Crippen molar-refractivity contribution in [3.8, 4) is 22.9 Å². The van der Waals surface area contributed by atoms with Gasteiger partial charge in [-0.2, -0.15) is 0 Å². The second-order valence-corrected chi connectivity index (χ2v) is 6.43. The molecular weight excluding hydrogens is 414 g/mol. The molecule has 0 aliphatic rings. The lowest BCUT2D eigenvalue weighted by atomic mass is 10.1. The topological polar surface area (TPSA) is 131 Å². The Bertz CT molecular complexity index is 1170. The van der Waals surface area contributed by atoms with Crippen LogP contribution in [0.1, 0.15) is 20.7 Å². The molecule has 1 amide bonds. The van der Waals surface area contributed by atoms with Crippen molar-refractivity contribution < 1.29 is 24.2 Å². The Balaban J connectivity index is 1.93. The summed E-state index contributed by atoms with van der Waals surface area (Å²) >= 11 is 5.85. The number of nitrogens with zero attached hydrogens (tertiary/aromatic N) is 1. The molecule has 3 aromatic rings. The molecule has 154 valence electrons. The molecule has 0 atom stereocenters. The van der Waals surface area contributed by atoms with Gasteiger partial charge in [0, 0.05) is 28.9 Å². The third kappa shape index (κ3) is 4.26. The molecule has 3 rings (SSSR count). The first-order valence-electron chi connectivity index (χ1n) is 8.50. The number of carboxylic acid groups (broad SMARTS) is 1. The Labute approximate surface area is 175 Å². The van der Waals surface area contributed by atoms with Gasteiger partial charge in [-0.15, -0.1) is 0 Å². The minimum atomic E-state index is -1.30. The average Bonchev–Trinajstić information content (AvgIpc) is 2.73. The van der Waals surface area contributed by atoms with Gasteiger partial charge in [0.05, 0.1) is 25.5 Å². The van der Waals surface area contributed by atoms with Crippen molar-refractivity contribution in [3.63, 3.8) is 0 Å². The lowest BCUT2D eigenvalue weighted by molar-refractivity contribution is 0.0697. The minimum Gasteiger partial charge on any atom is -0.493 e. The van der Waals surface area contributed by atoms with Gasteiger partial charge in [-0.1, -0.05) is 11.6 Å². The number of halogens is 1. The number of aromatic nitrogens is 2. The number of ether oxygens (including phenoxy) is 2. The third-order valence-corrected chi connectivity index (χ3v) is 4.42. The summed E-state index contributed by atoms with van der Waals surface area (Å²) in [7, 11) is 2.73. The standard InChI is InChI=1S/C20H16ClN3O6/c1-29-15-7-12(20(27)28)14(8-16(15)30-2)23-18(25)13-9-22-17(24-19(13)26)10-3-5-11(21)6-4-10/h3-9H,1-2H3,(H,23,25)(H,27,28)(H,22,24,26). The molecule has 1 heterocycles. The number of nitrogens with one attached hydrogen (secondary N) is 2. The minimum absolute atomic E-state index is 0.0636. The normalized spacial score (nSPS) is 10.4. The van der Waals surface area contributed by atoms with Gasteiger partial charge >= 0.3 is 5.97 Å². The van der Waals surface area contributed by atoms with E-state index in [2.05, 4.69) is 15.3 Å². The molecule has 0 radical (unpaired) electrons. The van der Waals surface area contributed by atoms with Gasteiger partial charge in [0.15, 0.2) is 11.5 Å². The highest BCUT2D eigenvalue weighted by molar-refractivity contribution is 6.30. The van der Waals surface area contributed by atoms with Crippen molar-refractivity contribution >= 4 is 29.2 Å². The molecule has 3 N–H and O–H groups in total. The summed E-state index contributed by atoms with van der Waals surface area (Å²) in [5, 5.41) is 12.4. The molecule has 0 saturated carbocycles. The Morgan fingerprint density at radius 2 is 1.70 bits per heavy atom. The highest BCUT2D eigenvalue weighted by atomic mass is 35.5. The first-order valence-corrected chi connectivity index (χ1v) is 8.87. The van der Waals surface area contributed by atoms with Crippen LogP contribution in [-0.4, -0.2) is 41.2 Å². The molecule has 10 heteroatoms. The number of aromatic carboxylic acids is 1. The predicted octanol–water partition coefficient (Wildman–Crippen LogP) is 3.06. The van der Waals surface area contributed by atoms with Gasteiger partial charge in [0.1, 0.15) is 11.4 Å². The molecule has 9 nitrogen and oxygen atoms in total. The monoisotopic (exact) mass is 429 g/mol. The van der Waals surface area contributed by atoms with Gasteiger partial charge in [0.2, 0.25) is 0 Å². The molecule has 0 fully saturated rings. The lowest BCUT2D eigenvalue weighted by Crippen LogP contribution is -2.25. The van der Waals surface area contributed by atoms with Crippen molar-refractivity contribution in [2.45, 2.75) is 0 Å². The molecule has 1 aromatic heterocycles. The van der Waals surface area contributed by atoms with Crippen LogP contribution in [0.25, 0.3) is 11.4 Å². The van der Waals surface area contributed by atoms with Crippen LogP contribution in [0.15, 0.2) is 47.4 Å². The van der Waals surface area contributed by atoms with Gasteiger partial charge in [-0.05, 0) is 24.3 Å². The highest BCUT2D eigenvalue weighted by Crippen LogP contribution is 2.33. The van der Waals surface area contributed by atoms with E-state index in [9.17, 15) is 19.5 Å². The second kappa shape index (κ2) is 8.66. The third-order valence-electron chi connectivity index (χ3n) is 4.16. The number of carbonyl (C=O) groups is 2. The zero-order valence-corrected chi connectivity index (χ0v) is 16.6. The van der Waals surface area contributed by atoms with E-state index in [1.54, 1.807) is 24.3 Å². The highest BCUT2D eigenvalue weighted by Gasteiger charge is 2.20. The maximum atomic E-state index is 12.6. The van der Waals surface area contributed by atoms with Crippen LogP contribution in [-0.2, 0) is 0 Å². The number of aromatic amines is 1. The van der Waals surface area contributed by atoms with Crippen LogP contribution in [0, 0.1) is 0 Å². The van der Waals surface area contributed by atoms with E-state index in [1.165, 1.54) is 26.4 Å². The molecule has 0 aliphatic carbocycles. The number of benzene rings is 2. The van der Waals surface area contributed by atoms with Crippen LogP contribution in [0.3, 0.4) is 0 Å². The summed E-state index contributed by atoms with van der Waals surface area (Å²) in [6.07, 6.45) is 1.11. The van der Waals surface area contributed by atoms with Crippen LogP contribution < -0.4 is 20.3 Å². The second-order valence-electron chi connectivity index (χ2n) is 5.99. The molecule has 0 spiro atoms. The number of carbonyl (C=O) groups excluding carboxylic acids is 1. The quantitative estimate of drug-likeness (QED) is 0.548. The van der Waals surface area contributed by atoms with Crippen molar-refractivity contribution in [3.05, 3.63) is 69.1 Å². The molecule has 0 bridgehead atoms. The fourth-order valence-corrected chi connectivity index (χ4v) is 2.79. The number of rotatable bonds is 6. The van der Waals surface area contributed by atoms with Crippen molar-refractivity contribution in [2.24, 2.45) is 0 Å². The van der Waals surface area contributed by atoms with E-state index >= 15 is 0 Å². The number of hydrogen-bond donors (Lipinski definition) is 3. The Morgan fingerprint density at radius 3 is 2.27 bits per heavy atom. The number of hydrogen-bond acceptors (Lipinski definition) is 6. The summed E-state index contributed by atoms with van der Waals surface area (Å²) < 4.78 is 10.2. The van der Waals surface area contributed by atoms with Crippen molar-refractivity contribution in [1.82, 2.24) is 9.97 Å². The number of carboxylic acids is 1. The average molecular weight is 430 g/mol. The van der Waals surface area contributed by atoms with E-state index in [0.717, 1.165) is 6.20 Å². The van der Waals surface area contributed by atoms with Gasteiger partial charge in [-0.25, -0.2) is 9.78 Å².